The molecular formula is C22H30F4N6O. The highest BCUT2D eigenvalue weighted by atomic mass is 19.4. The van der Waals surface area contributed by atoms with Crippen molar-refractivity contribution in [2.24, 2.45) is 0 Å². The molecule has 3 aliphatic heterocycles. The largest absolute Gasteiger partial charge is 0.418 e. The van der Waals surface area contributed by atoms with Crippen LogP contribution in [0, 0.1) is 12.7 Å². The van der Waals surface area contributed by atoms with Gasteiger partial charge in [-0.1, -0.05) is 6.07 Å². The fourth-order valence-corrected chi connectivity index (χ4v) is 5.65. The average Bonchev–Trinajstić information content (AvgIpc) is 3.41. The van der Waals surface area contributed by atoms with Crippen molar-refractivity contribution >= 4 is 11.6 Å². The lowest BCUT2D eigenvalue weighted by Crippen LogP contribution is -2.59. The van der Waals surface area contributed by atoms with E-state index in [1.807, 2.05) is 6.92 Å². The molecule has 1 aliphatic carbocycles. The Morgan fingerprint density at radius 3 is 2.79 bits per heavy atom. The second-order valence-corrected chi connectivity index (χ2v) is 9.62. The molecule has 1 aromatic rings. The van der Waals surface area contributed by atoms with E-state index in [-0.39, 0.29) is 30.0 Å². The highest BCUT2D eigenvalue weighted by molar-refractivity contribution is 5.88. The molecule has 7 nitrogen and oxygen atoms in total. The molecule has 1 aromatic carbocycles. The lowest BCUT2D eigenvalue weighted by atomic mass is 9.89. The third kappa shape index (κ3) is 4.55. The van der Waals surface area contributed by atoms with Crippen molar-refractivity contribution in [1.29, 1.82) is 0 Å². The van der Waals surface area contributed by atoms with Crippen molar-refractivity contribution in [2.45, 2.75) is 75.7 Å². The molecule has 3 unspecified atom stereocenters. The maximum atomic E-state index is 14.2. The highest BCUT2D eigenvalue weighted by Crippen LogP contribution is 2.32. The summed E-state index contributed by atoms with van der Waals surface area (Å²) in [5, 5.41) is 10.6. The molecule has 2 saturated heterocycles. The summed E-state index contributed by atoms with van der Waals surface area (Å²) in [7, 11) is 0. The Morgan fingerprint density at radius 2 is 2.03 bits per heavy atom. The summed E-state index contributed by atoms with van der Waals surface area (Å²) in [6.07, 6.45) is -2.56. The standard InChI is InChI=1S/C22H30F4N6O/c1-12-5-6-16(23)15-10-17(28-19(12)15)20(33)27-13-3-2-4-14(9-13)31-7-8-32-18(11-31)29-21(30-32)22(24,25)26/h5-6,13-14,17-18,21,28-30H,2-4,7-11H2,1H3,(H,27,33)/t13-,14-,17?,18?,21?/m1/s1. The van der Waals surface area contributed by atoms with Gasteiger partial charge in [-0.25, -0.2) is 14.8 Å². The maximum absolute atomic E-state index is 14.2. The number of nitrogens with zero attached hydrogens (tertiary/aromatic N) is 2. The van der Waals surface area contributed by atoms with E-state index in [4.69, 9.17) is 0 Å². The fourth-order valence-electron chi connectivity index (χ4n) is 5.65. The van der Waals surface area contributed by atoms with Gasteiger partial charge in [0.1, 0.15) is 11.9 Å². The van der Waals surface area contributed by atoms with Gasteiger partial charge in [-0.3, -0.25) is 15.0 Å². The number of benzene rings is 1. The molecule has 1 saturated carbocycles. The van der Waals surface area contributed by atoms with Crippen LogP contribution in [-0.2, 0) is 11.2 Å². The third-order valence-electron chi connectivity index (χ3n) is 7.41. The molecule has 33 heavy (non-hydrogen) atoms. The molecule has 3 fully saturated rings. The van der Waals surface area contributed by atoms with E-state index in [1.54, 1.807) is 11.1 Å². The van der Waals surface area contributed by atoms with Crippen LogP contribution in [0.4, 0.5) is 23.2 Å². The van der Waals surface area contributed by atoms with Crippen LogP contribution in [0.15, 0.2) is 12.1 Å². The van der Waals surface area contributed by atoms with Crippen LogP contribution in [0.2, 0.25) is 0 Å². The number of hydrogen-bond donors (Lipinski definition) is 4. The van der Waals surface area contributed by atoms with Crippen LogP contribution in [0.3, 0.4) is 0 Å². The van der Waals surface area contributed by atoms with E-state index in [9.17, 15) is 22.4 Å². The monoisotopic (exact) mass is 470 g/mol. The first-order chi connectivity index (χ1) is 15.7. The summed E-state index contributed by atoms with van der Waals surface area (Å²) in [6, 6.07) is 2.87. The van der Waals surface area contributed by atoms with Gasteiger partial charge < -0.3 is 10.6 Å². The summed E-state index contributed by atoms with van der Waals surface area (Å²) >= 11 is 0. The number of nitrogens with one attached hydrogen (secondary N) is 4. The van der Waals surface area contributed by atoms with Gasteiger partial charge in [0, 0.05) is 49.4 Å². The highest BCUT2D eigenvalue weighted by Gasteiger charge is 2.49. The molecule has 1 amide bonds. The lowest BCUT2D eigenvalue weighted by molar-refractivity contribution is -0.161. The number of rotatable bonds is 3. The van der Waals surface area contributed by atoms with Crippen LogP contribution in [-0.4, -0.2) is 72.1 Å². The third-order valence-corrected chi connectivity index (χ3v) is 7.41. The number of alkyl halides is 3. The second kappa shape index (κ2) is 8.68. The minimum absolute atomic E-state index is 0.00308. The smallest absolute Gasteiger partial charge is 0.373 e. The number of halogens is 4. The molecule has 0 radical (unpaired) electrons. The SMILES string of the molecule is Cc1ccc(F)c2c1NC(C(=O)N[C@@H]1CCC[C@@H](N3CCN4NC(C(F)(F)F)NC4C3)C1)C2. The summed E-state index contributed by atoms with van der Waals surface area (Å²) < 4.78 is 53.3. The van der Waals surface area contributed by atoms with Gasteiger partial charge in [-0.15, -0.1) is 0 Å². The topological polar surface area (TPSA) is 71.7 Å². The van der Waals surface area contributed by atoms with E-state index in [2.05, 4.69) is 26.3 Å². The van der Waals surface area contributed by atoms with E-state index < -0.39 is 18.4 Å². The normalized spacial score (nSPS) is 32.8. The molecule has 5 rings (SSSR count). The van der Waals surface area contributed by atoms with Crippen LogP contribution < -0.4 is 21.4 Å². The zero-order valence-corrected chi connectivity index (χ0v) is 18.5. The number of hydrazine groups is 1. The Bertz CT molecular complexity index is 881. The average molecular weight is 471 g/mol. The summed E-state index contributed by atoms with van der Waals surface area (Å²) in [5.74, 6) is -0.423. The predicted octanol–water partition coefficient (Wildman–Crippen LogP) is 1.84. The predicted molar refractivity (Wildman–Crippen MR) is 115 cm³/mol. The fraction of sp³-hybridized carbons (Fsp3) is 0.682. The molecule has 5 atom stereocenters. The Balaban J connectivity index is 1.15. The molecule has 0 spiro atoms. The molecule has 182 valence electrons. The van der Waals surface area contributed by atoms with Crippen molar-refractivity contribution in [2.75, 3.05) is 25.0 Å². The first-order valence-corrected chi connectivity index (χ1v) is 11.6. The number of aryl methyl sites for hydroxylation is 1. The molecule has 4 aliphatic rings. The molecule has 0 bridgehead atoms. The van der Waals surface area contributed by atoms with Crippen molar-refractivity contribution < 1.29 is 22.4 Å². The number of carbonyl (C=O) groups is 1. The number of piperazine rings is 1. The van der Waals surface area contributed by atoms with Crippen LogP contribution in [0.5, 0.6) is 0 Å². The van der Waals surface area contributed by atoms with Gasteiger partial charge >= 0.3 is 6.18 Å². The van der Waals surface area contributed by atoms with Gasteiger partial charge in [-0.05, 0) is 44.2 Å². The number of anilines is 1. The van der Waals surface area contributed by atoms with Crippen molar-refractivity contribution in [1.82, 2.24) is 26.0 Å². The number of hydrogen-bond acceptors (Lipinski definition) is 6. The van der Waals surface area contributed by atoms with Gasteiger partial charge in [0.25, 0.3) is 0 Å². The van der Waals surface area contributed by atoms with Gasteiger partial charge in [0.05, 0.1) is 6.17 Å². The summed E-state index contributed by atoms with van der Waals surface area (Å²) in [6.45, 7) is 3.58. The minimum atomic E-state index is -4.34. The minimum Gasteiger partial charge on any atom is -0.373 e. The first-order valence-electron chi connectivity index (χ1n) is 11.6. The number of fused-ring (bicyclic) bond motifs is 2. The molecular weight excluding hydrogens is 440 g/mol. The quantitative estimate of drug-likeness (QED) is 0.506. The number of amides is 1. The van der Waals surface area contributed by atoms with Gasteiger partial charge in [-0.2, -0.15) is 13.2 Å². The van der Waals surface area contributed by atoms with Crippen LogP contribution in [0.25, 0.3) is 0 Å². The van der Waals surface area contributed by atoms with Crippen molar-refractivity contribution in [3.8, 4) is 0 Å². The van der Waals surface area contributed by atoms with Gasteiger partial charge in [0.2, 0.25) is 5.91 Å². The Labute approximate surface area is 190 Å². The van der Waals surface area contributed by atoms with Gasteiger partial charge in [0.15, 0.2) is 6.17 Å². The second-order valence-electron chi connectivity index (χ2n) is 9.62. The van der Waals surface area contributed by atoms with Crippen LogP contribution >= 0.6 is 0 Å². The zero-order valence-electron chi connectivity index (χ0n) is 18.5. The Morgan fingerprint density at radius 1 is 1.21 bits per heavy atom. The molecule has 3 heterocycles. The number of carbonyl (C=O) groups excluding carboxylic acids is 1. The van der Waals surface area contributed by atoms with Crippen molar-refractivity contribution in [3.05, 3.63) is 29.1 Å². The lowest BCUT2D eigenvalue weighted by Gasteiger charge is -2.43. The van der Waals surface area contributed by atoms with Crippen molar-refractivity contribution in [3.63, 3.8) is 0 Å². The Kier molecular flexibility index (Phi) is 6.00. The summed E-state index contributed by atoms with van der Waals surface area (Å²) in [4.78, 5) is 15.2. The molecule has 4 N–H and O–H groups in total. The Hall–Kier alpha value is -1.95. The molecule has 0 aromatic heterocycles. The van der Waals surface area contributed by atoms with E-state index in [1.165, 1.54) is 6.07 Å². The van der Waals surface area contributed by atoms with E-state index in [0.29, 0.717) is 37.3 Å². The van der Waals surface area contributed by atoms with E-state index >= 15 is 0 Å². The molecule has 11 heteroatoms. The summed E-state index contributed by atoms with van der Waals surface area (Å²) in [5.41, 5.74) is 4.71. The zero-order chi connectivity index (χ0) is 23.3. The van der Waals surface area contributed by atoms with E-state index in [0.717, 1.165) is 31.2 Å². The van der Waals surface area contributed by atoms with Crippen LogP contribution in [0.1, 0.15) is 36.8 Å². The maximum Gasteiger partial charge on any atom is 0.418 e. The first kappa shape index (κ1) is 22.8.